The van der Waals surface area contributed by atoms with Crippen LogP contribution < -0.4 is 4.90 Å². The predicted octanol–water partition coefficient (Wildman–Crippen LogP) is 1.33. The van der Waals surface area contributed by atoms with Crippen molar-refractivity contribution in [3.63, 3.8) is 0 Å². The maximum absolute atomic E-state index is 12.5. The molecule has 24 heavy (non-hydrogen) atoms. The Morgan fingerprint density at radius 1 is 1.08 bits per heavy atom. The first-order chi connectivity index (χ1) is 11.7. The van der Waals surface area contributed by atoms with Crippen LogP contribution in [0.15, 0.2) is 43.0 Å². The zero-order valence-electron chi connectivity index (χ0n) is 13.5. The van der Waals surface area contributed by atoms with Gasteiger partial charge < -0.3 is 9.80 Å². The molecule has 0 N–H and O–H groups in total. The molecule has 1 fully saturated rings. The lowest BCUT2D eigenvalue weighted by atomic mass is 10.2. The van der Waals surface area contributed by atoms with Crippen LogP contribution in [-0.4, -0.2) is 56.7 Å². The minimum absolute atomic E-state index is 0.0373. The second-order valence-electron chi connectivity index (χ2n) is 5.90. The van der Waals surface area contributed by atoms with Gasteiger partial charge in [0.25, 0.3) is 5.91 Å². The highest BCUT2D eigenvalue weighted by molar-refractivity contribution is 5.94. The summed E-state index contributed by atoms with van der Waals surface area (Å²) in [5.74, 6) is 0.976. The number of rotatable bonds is 2. The molecule has 0 radical (unpaired) electrons. The van der Waals surface area contributed by atoms with Crippen LogP contribution in [0, 0.1) is 0 Å². The number of piperazine rings is 1. The van der Waals surface area contributed by atoms with Crippen molar-refractivity contribution in [1.29, 1.82) is 0 Å². The zero-order chi connectivity index (χ0) is 16.5. The van der Waals surface area contributed by atoms with Gasteiger partial charge in [0.1, 0.15) is 12.1 Å². The van der Waals surface area contributed by atoms with Crippen molar-refractivity contribution in [2.24, 2.45) is 7.05 Å². The van der Waals surface area contributed by atoms with Gasteiger partial charge in [-0.15, -0.1) is 0 Å². The second-order valence-corrected chi connectivity index (χ2v) is 5.90. The molecule has 0 aliphatic carbocycles. The third-order valence-electron chi connectivity index (χ3n) is 4.34. The molecule has 3 aromatic rings. The lowest BCUT2D eigenvalue weighted by molar-refractivity contribution is 0.0746. The molecule has 0 saturated carbocycles. The summed E-state index contributed by atoms with van der Waals surface area (Å²) >= 11 is 0. The maximum atomic E-state index is 12.5. The Kier molecular flexibility index (Phi) is 3.60. The van der Waals surface area contributed by atoms with Gasteiger partial charge >= 0.3 is 0 Å². The Labute approximate surface area is 139 Å². The van der Waals surface area contributed by atoms with Crippen LogP contribution in [0.2, 0.25) is 0 Å². The Hall–Kier alpha value is -2.96. The number of fused-ring (bicyclic) bond motifs is 1. The number of carbonyl (C=O) groups excluding carboxylic acids is 1. The fraction of sp³-hybridized carbons (Fsp3) is 0.294. The van der Waals surface area contributed by atoms with Crippen molar-refractivity contribution in [1.82, 2.24) is 24.6 Å². The van der Waals surface area contributed by atoms with Crippen LogP contribution in [0.5, 0.6) is 0 Å². The number of hydrogen-bond donors (Lipinski definition) is 0. The van der Waals surface area contributed by atoms with Gasteiger partial charge in [0.05, 0.1) is 17.3 Å². The highest BCUT2D eigenvalue weighted by atomic mass is 16.2. The number of nitrogens with zero attached hydrogens (tertiary/aromatic N) is 6. The topological polar surface area (TPSA) is 67.2 Å². The molecular weight excluding hydrogens is 304 g/mol. The molecule has 1 amide bonds. The van der Waals surface area contributed by atoms with Gasteiger partial charge in [-0.25, -0.2) is 9.97 Å². The summed E-state index contributed by atoms with van der Waals surface area (Å²) in [7, 11) is 1.81. The van der Waals surface area contributed by atoms with Crippen molar-refractivity contribution < 1.29 is 4.79 Å². The highest BCUT2D eigenvalue weighted by Crippen LogP contribution is 2.23. The third kappa shape index (κ3) is 2.58. The van der Waals surface area contributed by atoms with Crippen LogP contribution in [0.25, 0.3) is 10.9 Å². The van der Waals surface area contributed by atoms with E-state index in [1.807, 2.05) is 36.2 Å². The molecule has 0 bridgehead atoms. The summed E-state index contributed by atoms with van der Waals surface area (Å²) in [5, 5.41) is 5.12. The zero-order valence-corrected chi connectivity index (χ0v) is 13.5. The number of amides is 1. The van der Waals surface area contributed by atoms with Crippen molar-refractivity contribution in [3.05, 3.63) is 48.5 Å². The number of carbonyl (C=O) groups is 1. The molecule has 0 spiro atoms. The minimum Gasteiger partial charge on any atom is -0.352 e. The van der Waals surface area contributed by atoms with Crippen molar-refractivity contribution in [3.8, 4) is 0 Å². The van der Waals surface area contributed by atoms with Crippen LogP contribution in [0.4, 0.5) is 5.82 Å². The van der Waals surface area contributed by atoms with Gasteiger partial charge in [-0.2, -0.15) is 5.10 Å². The Balaban J connectivity index is 1.50. The average Bonchev–Trinajstić information content (AvgIpc) is 3.07. The second kappa shape index (κ2) is 5.92. The summed E-state index contributed by atoms with van der Waals surface area (Å²) in [6, 6.07) is 8.00. The van der Waals surface area contributed by atoms with Gasteiger partial charge in [0.15, 0.2) is 0 Å². The Morgan fingerprint density at radius 2 is 1.88 bits per heavy atom. The lowest BCUT2D eigenvalue weighted by Gasteiger charge is -2.35. The molecule has 4 rings (SSSR count). The summed E-state index contributed by atoms with van der Waals surface area (Å²) in [6.45, 7) is 2.86. The smallest absolute Gasteiger partial charge is 0.257 e. The number of benzene rings is 1. The molecule has 0 atom stereocenters. The van der Waals surface area contributed by atoms with E-state index in [0.717, 1.165) is 29.8 Å². The first kappa shape index (κ1) is 14.6. The minimum atomic E-state index is 0.0373. The molecule has 1 aliphatic heterocycles. The predicted molar refractivity (Wildman–Crippen MR) is 90.9 cm³/mol. The van der Waals surface area contributed by atoms with E-state index in [2.05, 4.69) is 20.0 Å². The largest absolute Gasteiger partial charge is 0.352 e. The molecule has 122 valence electrons. The molecule has 2 aromatic heterocycles. The van der Waals surface area contributed by atoms with E-state index >= 15 is 0 Å². The molecule has 3 heterocycles. The quantitative estimate of drug-likeness (QED) is 0.712. The van der Waals surface area contributed by atoms with E-state index in [1.165, 1.54) is 0 Å². The van der Waals surface area contributed by atoms with E-state index in [4.69, 9.17) is 0 Å². The summed E-state index contributed by atoms with van der Waals surface area (Å²) in [6.07, 6.45) is 4.98. The molecule has 1 saturated heterocycles. The summed E-state index contributed by atoms with van der Waals surface area (Å²) < 4.78 is 1.65. The van der Waals surface area contributed by atoms with Crippen molar-refractivity contribution in [2.45, 2.75) is 0 Å². The first-order valence-corrected chi connectivity index (χ1v) is 7.95. The summed E-state index contributed by atoms with van der Waals surface area (Å²) in [4.78, 5) is 25.4. The fourth-order valence-electron chi connectivity index (χ4n) is 3.08. The van der Waals surface area contributed by atoms with E-state index in [-0.39, 0.29) is 5.91 Å². The van der Waals surface area contributed by atoms with Gasteiger partial charge in [-0.1, -0.05) is 12.1 Å². The van der Waals surface area contributed by atoms with E-state index in [0.29, 0.717) is 18.7 Å². The van der Waals surface area contributed by atoms with Gasteiger partial charge in [0, 0.05) is 44.8 Å². The van der Waals surface area contributed by atoms with Gasteiger partial charge in [0.2, 0.25) is 0 Å². The highest BCUT2D eigenvalue weighted by Gasteiger charge is 2.24. The number of aryl methyl sites for hydroxylation is 1. The van der Waals surface area contributed by atoms with Crippen molar-refractivity contribution in [2.75, 3.05) is 31.1 Å². The number of hydrogen-bond acceptors (Lipinski definition) is 5. The third-order valence-corrected chi connectivity index (χ3v) is 4.34. The first-order valence-electron chi connectivity index (χ1n) is 7.95. The van der Waals surface area contributed by atoms with E-state index in [9.17, 15) is 4.79 Å². The van der Waals surface area contributed by atoms with Crippen LogP contribution in [-0.2, 0) is 7.05 Å². The lowest BCUT2D eigenvalue weighted by Crippen LogP contribution is -2.49. The monoisotopic (exact) mass is 322 g/mol. The number of anilines is 1. The van der Waals surface area contributed by atoms with Gasteiger partial charge in [-0.3, -0.25) is 9.48 Å². The van der Waals surface area contributed by atoms with E-state index < -0.39 is 0 Å². The van der Waals surface area contributed by atoms with Crippen molar-refractivity contribution >= 4 is 22.6 Å². The molecule has 1 aliphatic rings. The molecular formula is C17H18N6O. The molecule has 7 nitrogen and oxygen atoms in total. The van der Waals surface area contributed by atoms with E-state index in [1.54, 1.807) is 23.4 Å². The average molecular weight is 322 g/mol. The summed E-state index contributed by atoms with van der Waals surface area (Å²) in [5.41, 5.74) is 1.58. The number of para-hydroxylation sites is 1. The standard InChI is InChI=1S/C17H18N6O/c1-21-11-13(10-20-21)17(24)23-8-6-22(7-9-23)16-14-4-2-3-5-15(14)18-12-19-16/h2-5,10-12H,6-9H2,1H3. The van der Waals surface area contributed by atoms with Gasteiger partial charge in [-0.05, 0) is 12.1 Å². The fourth-order valence-corrected chi connectivity index (χ4v) is 3.08. The normalized spacial score (nSPS) is 15.0. The Bertz CT molecular complexity index is 876. The maximum Gasteiger partial charge on any atom is 0.257 e. The van der Waals surface area contributed by atoms with Crippen LogP contribution in [0.1, 0.15) is 10.4 Å². The SMILES string of the molecule is Cn1cc(C(=O)N2CCN(c3ncnc4ccccc34)CC2)cn1. The Morgan fingerprint density at radius 3 is 2.62 bits per heavy atom. The molecule has 1 aromatic carbocycles. The number of aromatic nitrogens is 4. The van der Waals surface area contributed by atoms with Crippen LogP contribution >= 0.6 is 0 Å². The molecule has 7 heteroatoms. The molecule has 0 unspecified atom stereocenters. The van der Waals surface area contributed by atoms with Crippen LogP contribution in [0.3, 0.4) is 0 Å².